The predicted octanol–water partition coefficient (Wildman–Crippen LogP) is 5.99. The van der Waals surface area contributed by atoms with Gasteiger partial charge in [-0.25, -0.2) is 9.97 Å². The molecule has 6 rings (SSSR count). The minimum atomic E-state index is -4.41. The monoisotopic (exact) mass is 502 g/mol. The van der Waals surface area contributed by atoms with Crippen LogP contribution in [0, 0.1) is 0 Å². The molecule has 3 N–H and O–H groups in total. The van der Waals surface area contributed by atoms with Gasteiger partial charge in [0.15, 0.2) is 0 Å². The molecular formula is C26H19ClN4O3S. The Balaban J connectivity index is 0.00000253. The van der Waals surface area contributed by atoms with Gasteiger partial charge in [0.25, 0.3) is 10.1 Å². The molecule has 0 atom stereocenters. The molecule has 0 saturated carbocycles. The van der Waals surface area contributed by atoms with Crippen molar-refractivity contribution in [2.75, 3.05) is 0 Å². The summed E-state index contributed by atoms with van der Waals surface area (Å²) in [6, 6.07) is 19.8. The standard InChI is InChI=1S/C26H18N4O3S.ClH/c31-34(32,33)26-4-2-1-3-23(26)24-14-22-13-20-8-7-18(28-20)11-16-5-6-17(27-16)12-19-9-10-21(29-19)15-25(24)30-22;/h1-15,28,30H,(H,31,32,33);1H. The molecule has 174 valence electrons. The third kappa shape index (κ3) is 4.54. The number of H-pyrrole nitrogens is 2. The molecule has 2 aliphatic heterocycles. The first-order valence-electron chi connectivity index (χ1n) is 10.6. The molecule has 0 spiro atoms. The van der Waals surface area contributed by atoms with E-state index in [0.29, 0.717) is 22.3 Å². The van der Waals surface area contributed by atoms with Gasteiger partial charge in [0, 0.05) is 33.2 Å². The summed E-state index contributed by atoms with van der Waals surface area (Å²) >= 11 is 0. The lowest BCUT2D eigenvalue weighted by atomic mass is 10.1. The zero-order valence-corrected chi connectivity index (χ0v) is 19.8. The second kappa shape index (κ2) is 8.66. The summed E-state index contributed by atoms with van der Waals surface area (Å²) in [5.41, 5.74) is 7.38. The average Bonchev–Trinajstić information content (AvgIpc) is 3.58. The van der Waals surface area contributed by atoms with Gasteiger partial charge in [0.2, 0.25) is 0 Å². The molecule has 0 fully saturated rings. The molecule has 7 nitrogen and oxygen atoms in total. The first-order chi connectivity index (χ1) is 16.4. The number of fused-ring (bicyclic) bond motifs is 8. The highest BCUT2D eigenvalue weighted by molar-refractivity contribution is 7.86. The Morgan fingerprint density at radius 2 is 1.23 bits per heavy atom. The van der Waals surface area contributed by atoms with E-state index >= 15 is 0 Å². The summed E-state index contributed by atoms with van der Waals surface area (Å²) in [6.45, 7) is 0. The molecule has 0 unspecified atom stereocenters. The van der Waals surface area contributed by atoms with Crippen LogP contribution in [-0.4, -0.2) is 32.9 Å². The van der Waals surface area contributed by atoms with E-state index in [9.17, 15) is 13.0 Å². The maximum atomic E-state index is 12.1. The Labute approximate surface area is 207 Å². The molecule has 0 amide bonds. The fourth-order valence-corrected chi connectivity index (χ4v) is 4.86. The van der Waals surface area contributed by atoms with Crippen LogP contribution in [-0.2, 0) is 10.1 Å². The van der Waals surface area contributed by atoms with Crippen molar-refractivity contribution in [2.45, 2.75) is 4.90 Å². The molecule has 9 heteroatoms. The number of benzene rings is 1. The van der Waals surface area contributed by atoms with Crippen LogP contribution in [0.3, 0.4) is 0 Å². The van der Waals surface area contributed by atoms with E-state index in [1.807, 2.05) is 66.8 Å². The molecule has 2 aliphatic rings. The minimum absolute atomic E-state index is 0. The van der Waals surface area contributed by atoms with Gasteiger partial charge in [-0.1, -0.05) is 18.2 Å². The van der Waals surface area contributed by atoms with Crippen molar-refractivity contribution < 1.29 is 13.0 Å². The molecule has 0 radical (unpaired) electrons. The van der Waals surface area contributed by atoms with Crippen molar-refractivity contribution >= 4 is 68.9 Å². The van der Waals surface area contributed by atoms with Crippen LogP contribution in [0.4, 0.5) is 0 Å². The van der Waals surface area contributed by atoms with Gasteiger partial charge in [0.05, 0.1) is 22.8 Å². The number of nitrogens with one attached hydrogen (secondary N) is 2. The highest BCUT2D eigenvalue weighted by atomic mass is 35.5. The average molecular weight is 503 g/mol. The summed E-state index contributed by atoms with van der Waals surface area (Å²) in [7, 11) is -4.41. The zero-order valence-electron chi connectivity index (χ0n) is 18.1. The number of hydrogen-bond acceptors (Lipinski definition) is 4. The maximum absolute atomic E-state index is 12.1. The summed E-state index contributed by atoms with van der Waals surface area (Å²) in [4.78, 5) is 15.8. The van der Waals surface area contributed by atoms with Crippen LogP contribution in [0.15, 0.2) is 71.6 Å². The smallest absolute Gasteiger partial charge is 0.295 e. The van der Waals surface area contributed by atoms with E-state index in [1.165, 1.54) is 6.07 Å². The van der Waals surface area contributed by atoms with Crippen LogP contribution < -0.4 is 0 Å². The van der Waals surface area contributed by atoms with Crippen LogP contribution >= 0.6 is 12.4 Å². The van der Waals surface area contributed by atoms with Crippen molar-refractivity contribution in [2.24, 2.45) is 0 Å². The normalized spacial score (nSPS) is 12.5. The lowest BCUT2D eigenvalue weighted by molar-refractivity contribution is 0.483. The van der Waals surface area contributed by atoms with Crippen molar-refractivity contribution in [3.8, 4) is 11.1 Å². The topological polar surface area (TPSA) is 112 Å². The van der Waals surface area contributed by atoms with Crippen LogP contribution in [0.5, 0.6) is 0 Å². The van der Waals surface area contributed by atoms with E-state index in [1.54, 1.807) is 18.2 Å². The minimum Gasteiger partial charge on any atom is -0.355 e. The van der Waals surface area contributed by atoms with Crippen LogP contribution in [0.1, 0.15) is 22.8 Å². The van der Waals surface area contributed by atoms with Crippen molar-refractivity contribution in [1.29, 1.82) is 0 Å². The van der Waals surface area contributed by atoms with E-state index in [4.69, 9.17) is 0 Å². The molecule has 0 saturated heterocycles. The molecule has 4 aromatic rings. The van der Waals surface area contributed by atoms with Crippen LogP contribution in [0.25, 0.3) is 57.5 Å². The second-order valence-electron chi connectivity index (χ2n) is 8.06. The van der Waals surface area contributed by atoms with Gasteiger partial charge >= 0.3 is 0 Å². The number of aromatic nitrogens is 4. The SMILES string of the molecule is Cl.O=S(=O)(O)c1ccccc1-c1cc2cc3ccc(cc4nc(cc5nc(cc1[nH]2)C=C5)C=C4)[nH]3. The molecule has 35 heavy (non-hydrogen) atoms. The largest absolute Gasteiger partial charge is 0.355 e. The summed E-state index contributed by atoms with van der Waals surface area (Å²) in [5, 5.41) is 0. The Kier molecular flexibility index (Phi) is 5.64. The van der Waals surface area contributed by atoms with Crippen molar-refractivity contribution in [3.05, 3.63) is 89.5 Å². The van der Waals surface area contributed by atoms with Crippen molar-refractivity contribution in [3.63, 3.8) is 0 Å². The molecule has 5 heterocycles. The lowest BCUT2D eigenvalue weighted by Gasteiger charge is -2.05. The third-order valence-electron chi connectivity index (χ3n) is 5.62. The molecule has 8 bridgehead atoms. The quantitative estimate of drug-likeness (QED) is 0.252. The zero-order chi connectivity index (χ0) is 23.3. The van der Waals surface area contributed by atoms with E-state index < -0.39 is 10.1 Å². The Hall–Kier alpha value is -3.98. The van der Waals surface area contributed by atoms with E-state index in [-0.39, 0.29) is 17.3 Å². The predicted molar refractivity (Wildman–Crippen MR) is 141 cm³/mol. The van der Waals surface area contributed by atoms with E-state index in [0.717, 1.165) is 33.6 Å². The maximum Gasteiger partial charge on any atom is 0.295 e. The lowest BCUT2D eigenvalue weighted by Crippen LogP contribution is -2.00. The van der Waals surface area contributed by atoms with Gasteiger partial charge in [-0.15, -0.1) is 12.4 Å². The highest BCUT2D eigenvalue weighted by Gasteiger charge is 2.18. The first kappa shape index (κ1) is 22.8. The fraction of sp³-hybridized carbons (Fsp3) is 0. The second-order valence-corrected chi connectivity index (χ2v) is 9.45. The van der Waals surface area contributed by atoms with E-state index in [2.05, 4.69) is 19.9 Å². The Bertz CT molecular complexity index is 1800. The third-order valence-corrected chi connectivity index (χ3v) is 6.54. The summed E-state index contributed by atoms with van der Waals surface area (Å²) in [6.07, 6.45) is 7.69. The Morgan fingerprint density at radius 1 is 0.629 bits per heavy atom. The van der Waals surface area contributed by atoms with Gasteiger partial charge in [-0.3, -0.25) is 4.55 Å². The molecule has 1 aromatic carbocycles. The number of halogens is 1. The molecular weight excluding hydrogens is 484 g/mol. The first-order valence-corrected chi connectivity index (χ1v) is 12.0. The summed E-state index contributed by atoms with van der Waals surface area (Å²) in [5.74, 6) is 0. The number of hydrogen-bond donors (Lipinski definition) is 3. The van der Waals surface area contributed by atoms with Gasteiger partial charge in [0.1, 0.15) is 4.90 Å². The summed E-state index contributed by atoms with van der Waals surface area (Å²) < 4.78 is 33.9. The van der Waals surface area contributed by atoms with Gasteiger partial charge in [-0.05, 0) is 72.8 Å². The van der Waals surface area contributed by atoms with Crippen molar-refractivity contribution in [1.82, 2.24) is 19.9 Å². The van der Waals surface area contributed by atoms with Crippen LogP contribution in [0.2, 0.25) is 0 Å². The number of nitrogens with zero attached hydrogens (tertiary/aromatic N) is 2. The highest BCUT2D eigenvalue weighted by Crippen LogP contribution is 2.32. The van der Waals surface area contributed by atoms with Gasteiger partial charge < -0.3 is 9.97 Å². The Morgan fingerprint density at radius 3 is 1.91 bits per heavy atom. The van der Waals surface area contributed by atoms with Gasteiger partial charge in [-0.2, -0.15) is 8.42 Å². The molecule has 0 aliphatic carbocycles. The number of rotatable bonds is 2. The fourth-order valence-electron chi connectivity index (χ4n) is 4.16. The number of aromatic amines is 2. The molecule has 3 aromatic heterocycles.